The lowest BCUT2D eigenvalue weighted by atomic mass is 10.1. The number of ether oxygens (including phenoxy) is 1. The second kappa shape index (κ2) is 11.0. The molecule has 0 radical (unpaired) electrons. The molecule has 166 valence electrons. The largest absolute Gasteiger partial charge is 0.487 e. The van der Waals surface area contributed by atoms with Crippen LogP contribution in [0.1, 0.15) is 29.3 Å². The molecule has 0 atom stereocenters. The topological polar surface area (TPSA) is 68.5 Å². The Labute approximate surface area is 196 Å². The van der Waals surface area contributed by atoms with Crippen LogP contribution in [0.25, 0.3) is 6.08 Å². The molecule has 0 fully saturated rings. The van der Waals surface area contributed by atoms with Gasteiger partial charge in [0.15, 0.2) is 0 Å². The second-order valence-electron chi connectivity index (χ2n) is 7.20. The second-order valence-corrected chi connectivity index (χ2v) is 8.01. The van der Waals surface area contributed by atoms with Gasteiger partial charge in [0, 0.05) is 12.6 Å². The van der Waals surface area contributed by atoms with E-state index in [1.54, 1.807) is 4.57 Å². The smallest absolute Gasteiger partial charge is 0.328 e. The fourth-order valence-corrected chi connectivity index (χ4v) is 3.76. The van der Waals surface area contributed by atoms with Crippen molar-refractivity contribution in [3.05, 3.63) is 103 Å². The van der Waals surface area contributed by atoms with Crippen molar-refractivity contribution in [1.82, 2.24) is 4.57 Å². The Morgan fingerprint density at radius 2 is 1.81 bits per heavy atom. The molecule has 0 aliphatic heterocycles. The minimum Gasteiger partial charge on any atom is -0.487 e. The highest BCUT2D eigenvalue weighted by Gasteiger charge is 2.14. The van der Waals surface area contributed by atoms with Gasteiger partial charge in [-0.25, -0.2) is 4.79 Å². The molecule has 3 aromatic rings. The van der Waals surface area contributed by atoms with Crippen LogP contribution in [0.15, 0.2) is 65.5 Å². The monoisotopic (exact) mass is 471 g/mol. The van der Waals surface area contributed by atoms with Gasteiger partial charge in [0.05, 0.1) is 10.7 Å². The molecule has 0 aliphatic carbocycles. The van der Waals surface area contributed by atoms with E-state index in [0.29, 0.717) is 29.4 Å². The molecule has 0 aliphatic rings. The quantitative estimate of drug-likeness (QED) is 0.410. The Kier molecular flexibility index (Phi) is 8.14. The molecule has 1 N–H and O–H groups in total. The number of carboxylic acid groups (broad SMARTS) is 1. The highest BCUT2D eigenvalue weighted by Crippen LogP contribution is 2.22. The average molecular weight is 472 g/mol. The number of benzene rings is 2. The van der Waals surface area contributed by atoms with Gasteiger partial charge in [-0.1, -0.05) is 66.5 Å². The Hall–Kier alpha value is -3.02. The van der Waals surface area contributed by atoms with Crippen molar-refractivity contribution in [2.45, 2.75) is 32.9 Å². The number of aliphatic carboxylic acids is 1. The third-order valence-corrected chi connectivity index (χ3v) is 5.61. The Bertz CT molecular complexity index is 1180. The van der Waals surface area contributed by atoms with Crippen molar-refractivity contribution in [2.75, 3.05) is 0 Å². The minimum absolute atomic E-state index is 0.0564. The number of halogens is 2. The molecule has 3 rings (SSSR count). The summed E-state index contributed by atoms with van der Waals surface area (Å²) in [6.07, 6.45) is 4.08. The van der Waals surface area contributed by atoms with E-state index in [-0.39, 0.29) is 17.2 Å². The lowest BCUT2D eigenvalue weighted by molar-refractivity contribution is -0.131. The first-order valence-electron chi connectivity index (χ1n) is 10.2. The zero-order valence-corrected chi connectivity index (χ0v) is 19.1. The van der Waals surface area contributed by atoms with Crippen LogP contribution in [0.4, 0.5) is 0 Å². The van der Waals surface area contributed by atoms with Crippen molar-refractivity contribution in [1.29, 1.82) is 0 Å². The van der Waals surface area contributed by atoms with E-state index >= 15 is 0 Å². The third-order valence-electron chi connectivity index (χ3n) is 5.01. The molecular formula is C25H23Cl2NO4. The summed E-state index contributed by atoms with van der Waals surface area (Å²) in [5.41, 5.74) is 3.16. The van der Waals surface area contributed by atoms with Gasteiger partial charge in [-0.3, -0.25) is 4.79 Å². The standard InChI is InChI=1S/C25H23Cl2NO4/c1-2-17-4-3-5-20(14-17)32-16-23-21(26)15-22(27)25(31)28(23)13-12-19-8-6-18(7-9-19)10-11-24(29)30/h3-11,14-15H,2,12-13,16H2,1H3,(H,29,30). The van der Waals surface area contributed by atoms with E-state index < -0.39 is 5.97 Å². The molecule has 0 saturated carbocycles. The number of hydrogen-bond donors (Lipinski definition) is 1. The van der Waals surface area contributed by atoms with E-state index in [2.05, 4.69) is 6.92 Å². The zero-order valence-electron chi connectivity index (χ0n) is 17.6. The lowest BCUT2D eigenvalue weighted by Crippen LogP contribution is -2.26. The molecular weight excluding hydrogens is 449 g/mol. The molecule has 1 aromatic heterocycles. The van der Waals surface area contributed by atoms with Crippen LogP contribution in [0.2, 0.25) is 10.0 Å². The predicted molar refractivity (Wildman–Crippen MR) is 128 cm³/mol. The zero-order chi connectivity index (χ0) is 23.1. The number of pyridine rings is 1. The van der Waals surface area contributed by atoms with Crippen molar-refractivity contribution < 1.29 is 14.6 Å². The summed E-state index contributed by atoms with van der Waals surface area (Å²) in [5.74, 6) is -0.290. The van der Waals surface area contributed by atoms with Crippen molar-refractivity contribution >= 4 is 35.2 Å². The van der Waals surface area contributed by atoms with E-state index in [1.165, 1.54) is 12.1 Å². The first kappa shape index (κ1) is 23.6. The van der Waals surface area contributed by atoms with Crippen LogP contribution in [-0.4, -0.2) is 15.6 Å². The number of hydrogen-bond acceptors (Lipinski definition) is 3. The van der Waals surface area contributed by atoms with Crippen molar-refractivity contribution in [2.24, 2.45) is 0 Å². The van der Waals surface area contributed by atoms with E-state index in [0.717, 1.165) is 29.2 Å². The summed E-state index contributed by atoms with van der Waals surface area (Å²) >= 11 is 12.5. The molecule has 0 amide bonds. The highest BCUT2D eigenvalue weighted by atomic mass is 35.5. The van der Waals surface area contributed by atoms with Gasteiger partial charge in [0.2, 0.25) is 0 Å². The van der Waals surface area contributed by atoms with Crippen molar-refractivity contribution in [3.8, 4) is 5.75 Å². The SMILES string of the molecule is CCc1cccc(OCc2c(Cl)cc(Cl)c(=O)n2CCc2ccc(C=CC(=O)O)cc2)c1. The van der Waals surface area contributed by atoms with E-state index in [1.807, 2.05) is 48.5 Å². The Balaban J connectivity index is 1.78. The Morgan fingerprint density at radius 3 is 2.50 bits per heavy atom. The summed E-state index contributed by atoms with van der Waals surface area (Å²) in [6.45, 7) is 2.58. The normalized spacial score (nSPS) is 11.1. The number of nitrogens with zero attached hydrogens (tertiary/aromatic N) is 1. The van der Waals surface area contributed by atoms with Crippen LogP contribution < -0.4 is 10.3 Å². The summed E-state index contributed by atoms with van der Waals surface area (Å²) in [5, 5.41) is 9.16. The molecule has 0 bridgehead atoms. The summed E-state index contributed by atoms with van der Waals surface area (Å²) in [4.78, 5) is 23.4. The van der Waals surface area contributed by atoms with Crippen LogP contribution in [0, 0.1) is 0 Å². The molecule has 2 aromatic carbocycles. The van der Waals surface area contributed by atoms with E-state index in [9.17, 15) is 9.59 Å². The maximum atomic E-state index is 12.7. The first-order chi connectivity index (χ1) is 15.4. The summed E-state index contributed by atoms with van der Waals surface area (Å²) in [7, 11) is 0. The number of rotatable bonds is 9. The fraction of sp³-hybridized carbons (Fsp3) is 0.200. The molecule has 7 heteroatoms. The van der Waals surface area contributed by atoms with Gasteiger partial charge in [-0.05, 0) is 53.8 Å². The molecule has 0 saturated heterocycles. The first-order valence-corrected chi connectivity index (χ1v) is 10.9. The number of carbonyl (C=O) groups is 1. The highest BCUT2D eigenvalue weighted by molar-refractivity contribution is 6.34. The summed E-state index contributed by atoms with van der Waals surface area (Å²) < 4.78 is 7.47. The number of aryl methyl sites for hydroxylation is 2. The maximum Gasteiger partial charge on any atom is 0.328 e. The van der Waals surface area contributed by atoms with Gasteiger partial charge < -0.3 is 14.4 Å². The van der Waals surface area contributed by atoms with Gasteiger partial charge in [0.25, 0.3) is 5.56 Å². The molecule has 32 heavy (non-hydrogen) atoms. The maximum absolute atomic E-state index is 12.7. The van der Waals surface area contributed by atoms with Gasteiger partial charge in [-0.15, -0.1) is 0 Å². The predicted octanol–water partition coefficient (Wildman–Crippen LogP) is 5.64. The van der Waals surface area contributed by atoms with Crippen molar-refractivity contribution in [3.63, 3.8) is 0 Å². The number of carboxylic acids is 1. The molecule has 1 heterocycles. The van der Waals surface area contributed by atoms with E-state index in [4.69, 9.17) is 33.0 Å². The fourth-order valence-electron chi connectivity index (χ4n) is 3.23. The number of aromatic nitrogens is 1. The third kappa shape index (κ3) is 6.25. The van der Waals surface area contributed by atoms with Crippen LogP contribution in [0.5, 0.6) is 5.75 Å². The minimum atomic E-state index is -0.998. The summed E-state index contributed by atoms with van der Waals surface area (Å²) in [6, 6.07) is 16.7. The Morgan fingerprint density at radius 1 is 1.06 bits per heavy atom. The van der Waals surface area contributed by atoms with Crippen LogP contribution in [-0.2, 0) is 30.8 Å². The lowest BCUT2D eigenvalue weighted by Gasteiger charge is -2.16. The molecule has 5 nitrogen and oxygen atoms in total. The molecule has 0 unspecified atom stereocenters. The van der Waals surface area contributed by atoms with Gasteiger partial charge in [-0.2, -0.15) is 0 Å². The van der Waals surface area contributed by atoms with Crippen LogP contribution in [0.3, 0.4) is 0 Å². The van der Waals surface area contributed by atoms with Gasteiger partial charge >= 0.3 is 5.97 Å². The van der Waals surface area contributed by atoms with Crippen LogP contribution >= 0.6 is 23.2 Å². The van der Waals surface area contributed by atoms with Gasteiger partial charge in [0.1, 0.15) is 17.4 Å². The molecule has 0 spiro atoms. The average Bonchev–Trinajstić information content (AvgIpc) is 2.79.